The van der Waals surface area contributed by atoms with Crippen LogP contribution in [-0.2, 0) is 28.3 Å². The Morgan fingerprint density at radius 1 is 1.29 bits per heavy atom. The van der Waals surface area contributed by atoms with E-state index in [2.05, 4.69) is 19.9 Å². The Kier molecular flexibility index (Phi) is 6.27. The molecule has 0 amide bonds. The molecule has 1 aromatic carbocycles. The van der Waals surface area contributed by atoms with Gasteiger partial charge in [-0.1, -0.05) is 13.3 Å². The maximum atomic E-state index is 13.1. The van der Waals surface area contributed by atoms with Crippen LogP contribution in [0.2, 0.25) is 0 Å². The number of H-pyrrole nitrogens is 1. The highest BCUT2D eigenvalue weighted by Crippen LogP contribution is 2.33. The first-order valence-electron chi connectivity index (χ1n) is 10.7. The monoisotopic (exact) mass is 492 g/mol. The summed E-state index contributed by atoms with van der Waals surface area (Å²) in [5, 5.41) is 13.9. The molecule has 2 aromatic heterocycles. The van der Waals surface area contributed by atoms with E-state index in [0.29, 0.717) is 41.1 Å². The summed E-state index contributed by atoms with van der Waals surface area (Å²) in [6.07, 6.45) is 0.627. The van der Waals surface area contributed by atoms with Crippen molar-refractivity contribution in [2.45, 2.75) is 37.7 Å². The summed E-state index contributed by atoms with van der Waals surface area (Å²) in [6, 6.07) is 4.26. The van der Waals surface area contributed by atoms with Crippen LogP contribution in [0.5, 0.6) is 5.75 Å². The van der Waals surface area contributed by atoms with Gasteiger partial charge >= 0.3 is 0 Å². The predicted molar refractivity (Wildman–Crippen MR) is 120 cm³/mol. The number of ether oxygens (including phenoxy) is 1. The van der Waals surface area contributed by atoms with Crippen molar-refractivity contribution >= 4 is 21.1 Å². The Labute approximate surface area is 194 Å². The second kappa shape index (κ2) is 9.02. The summed E-state index contributed by atoms with van der Waals surface area (Å²) in [5.74, 6) is 0.504. The van der Waals surface area contributed by atoms with Crippen LogP contribution in [0.1, 0.15) is 26.0 Å². The SMILES string of the molecule is CCCc1nn(C)c2c(=O)[nH]c(-c3cc(S(=O)(=O)N4CC(O[N+](=O)[O-])C4)ccc3OCC)nc12. The van der Waals surface area contributed by atoms with E-state index >= 15 is 0 Å². The Morgan fingerprint density at radius 3 is 2.68 bits per heavy atom. The highest BCUT2D eigenvalue weighted by atomic mass is 32.2. The van der Waals surface area contributed by atoms with Gasteiger partial charge in [-0.15, -0.1) is 10.1 Å². The van der Waals surface area contributed by atoms with Gasteiger partial charge in [-0.3, -0.25) is 9.48 Å². The number of aromatic nitrogens is 4. The minimum Gasteiger partial charge on any atom is -0.493 e. The smallest absolute Gasteiger partial charge is 0.294 e. The molecule has 4 rings (SSSR count). The quantitative estimate of drug-likeness (QED) is 0.342. The van der Waals surface area contributed by atoms with Gasteiger partial charge < -0.3 is 14.6 Å². The molecule has 0 aliphatic carbocycles. The molecule has 0 atom stereocenters. The third kappa shape index (κ3) is 4.21. The molecule has 1 aliphatic rings. The van der Waals surface area contributed by atoms with Crippen molar-refractivity contribution in [3.05, 3.63) is 44.4 Å². The van der Waals surface area contributed by atoms with Gasteiger partial charge in [0.25, 0.3) is 10.6 Å². The van der Waals surface area contributed by atoms with E-state index < -0.39 is 26.8 Å². The first-order valence-corrected chi connectivity index (χ1v) is 12.1. The van der Waals surface area contributed by atoms with E-state index in [9.17, 15) is 23.3 Å². The molecule has 0 radical (unpaired) electrons. The number of rotatable bonds is 9. The Morgan fingerprint density at radius 2 is 2.03 bits per heavy atom. The number of aryl methyl sites for hydroxylation is 2. The van der Waals surface area contributed by atoms with Crippen LogP contribution in [0.25, 0.3) is 22.4 Å². The number of sulfonamides is 1. The molecule has 1 fully saturated rings. The van der Waals surface area contributed by atoms with Crippen molar-refractivity contribution < 1.29 is 23.1 Å². The van der Waals surface area contributed by atoms with E-state index in [0.717, 1.165) is 10.7 Å². The van der Waals surface area contributed by atoms with Gasteiger partial charge in [-0.2, -0.15) is 9.40 Å². The summed E-state index contributed by atoms with van der Waals surface area (Å²) < 4.78 is 34.4. The zero-order chi connectivity index (χ0) is 24.6. The Bertz CT molecular complexity index is 1410. The molecule has 0 bridgehead atoms. The Hall–Kier alpha value is -3.52. The standard InChI is InChI=1S/C20H24N6O7S/c1-4-6-15-17-18(24(3)23-15)20(27)22-19(21-17)14-9-13(7-8-16(14)32-5-2)34(30,31)25-10-12(11-25)33-26(28)29/h7-9,12H,4-6,10-11H2,1-3H3,(H,21,22,27). The lowest BCUT2D eigenvalue weighted by Crippen LogP contribution is -2.55. The van der Waals surface area contributed by atoms with Crippen molar-refractivity contribution in [3.63, 3.8) is 0 Å². The summed E-state index contributed by atoms with van der Waals surface area (Å²) in [6.45, 7) is 3.81. The minimum atomic E-state index is -3.96. The summed E-state index contributed by atoms with van der Waals surface area (Å²) >= 11 is 0. The van der Waals surface area contributed by atoms with Crippen molar-refractivity contribution in [3.8, 4) is 17.1 Å². The molecular weight excluding hydrogens is 468 g/mol. The van der Waals surface area contributed by atoms with E-state index in [-0.39, 0.29) is 23.8 Å². The first kappa shape index (κ1) is 23.6. The van der Waals surface area contributed by atoms with Crippen LogP contribution in [0.3, 0.4) is 0 Å². The fourth-order valence-electron chi connectivity index (χ4n) is 3.85. The molecule has 3 aromatic rings. The molecule has 13 nitrogen and oxygen atoms in total. The molecule has 0 saturated carbocycles. The fourth-order valence-corrected chi connectivity index (χ4v) is 5.38. The molecule has 14 heteroatoms. The number of nitrogens with one attached hydrogen (secondary N) is 1. The maximum absolute atomic E-state index is 13.1. The topological polar surface area (TPSA) is 163 Å². The number of hydrogen-bond acceptors (Lipinski definition) is 9. The fraction of sp³-hybridized carbons (Fsp3) is 0.450. The van der Waals surface area contributed by atoms with Crippen molar-refractivity contribution in [2.75, 3.05) is 19.7 Å². The van der Waals surface area contributed by atoms with Gasteiger partial charge in [-0.25, -0.2) is 13.4 Å². The van der Waals surface area contributed by atoms with Gasteiger partial charge in [0.15, 0.2) is 5.52 Å². The highest BCUT2D eigenvalue weighted by molar-refractivity contribution is 7.89. The van der Waals surface area contributed by atoms with Crippen LogP contribution in [0, 0.1) is 10.1 Å². The van der Waals surface area contributed by atoms with Gasteiger partial charge in [-0.05, 0) is 31.5 Å². The number of benzene rings is 1. The normalized spacial score (nSPS) is 14.8. The Balaban J connectivity index is 1.78. The first-order chi connectivity index (χ1) is 16.1. The summed E-state index contributed by atoms with van der Waals surface area (Å²) in [4.78, 5) is 35.0. The lowest BCUT2D eigenvalue weighted by Gasteiger charge is -2.36. The summed E-state index contributed by atoms with van der Waals surface area (Å²) in [7, 11) is -2.29. The third-order valence-electron chi connectivity index (χ3n) is 5.44. The van der Waals surface area contributed by atoms with E-state index in [1.807, 2.05) is 6.92 Å². The lowest BCUT2D eigenvalue weighted by atomic mass is 10.1. The zero-order valence-electron chi connectivity index (χ0n) is 18.8. The molecule has 1 aliphatic heterocycles. The van der Waals surface area contributed by atoms with Crippen molar-refractivity contribution in [1.29, 1.82) is 0 Å². The number of fused-ring (bicyclic) bond motifs is 1. The predicted octanol–water partition coefficient (Wildman–Crippen LogP) is 1.26. The molecular formula is C20H24N6O7S. The largest absolute Gasteiger partial charge is 0.493 e. The third-order valence-corrected chi connectivity index (χ3v) is 7.27. The molecule has 1 saturated heterocycles. The maximum Gasteiger partial charge on any atom is 0.294 e. The average molecular weight is 493 g/mol. The second-order valence-corrected chi connectivity index (χ2v) is 9.73. The highest BCUT2D eigenvalue weighted by Gasteiger charge is 2.39. The van der Waals surface area contributed by atoms with Gasteiger partial charge in [0.1, 0.15) is 23.2 Å². The number of aromatic amines is 1. The molecule has 1 N–H and O–H groups in total. The van der Waals surface area contributed by atoms with E-state index in [1.54, 1.807) is 14.0 Å². The zero-order valence-corrected chi connectivity index (χ0v) is 19.7. The van der Waals surface area contributed by atoms with Gasteiger partial charge in [0.05, 0.1) is 22.8 Å². The van der Waals surface area contributed by atoms with Crippen LogP contribution < -0.4 is 10.3 Å². The van der Waals surface area contributed by atoms with Crippen LogP contribution in [0.15, 0.2) is 27.9 Å². The van der Waals surface area contributed by atoms with Crippen LogP contribution in [0.4, 0.5) is 0 Å². The van der Waals surface area contributed by atoms with E-state index in [4.69, 9.17) is 4.74 Å². The van der Waals surface area contributed by atoms with Gasteiger partial charge in [0, 0.05) is 20.1 Å². The lowest BCUT2D eigenvalue weighted by molar-refractivity contribution is -0.771. The number of hydrogen-bond donors (Lipinski definition) is 1. The van der Waals surface area contributed by atoms with Crippen LogP contribution >= 0.6 is 0 Å². The van der Waals surface area contributed by atoms with Crippen LogP contribution in [-0.4, -0.2) is 63.4 Å². The second-order valence-electron chi connectivity index (χ2n) is 7.80. The van der Waals surface area contributed by atoms with Crippen molar-refractivity contribution in [2.24, 2.45) is 7.05 Å². The average Bonchev–Trinajstić information content (AvgIpc) is 3.06. The minimum absolute atomic E-state index is 0.0618. The number of nitrogens with zero attached hydrogens (tertiary/aromatic N) is 5. The van der Waals surface area contributed by atoms with E-state index in [1.165, 1.54) is 22.9 Å². The summed E-state index contributed by atoms with van der Waals surface area (Å²) in [5.41, 5.74) is 1.33. The molecule has 3 heterocycles. The molecule has 34 heavy (non-hydrogen) atoms. The molecule has 0 spiro atoms. The van der Waals surface area contributed by atoms with Crippen molar-refractivity contribution in [1.82, 2.24) is 24.1 Å². The molecule has 0 unspecified atom stereocenters. The van der Waals surface area contributed by atoms with Gasteiger partial charge in [0.2, 0.25) is 10.0 Å². The molecule has 182 valence electrons.